The number of benzene rings is 1. The molecule has 40 heavy (non-hydrogen) atoms. The van der Waals surface area contributed by atoms with Crippen LogP contribution in [-0.4, -0.2) is 88.0 Å². The predicted octanol–water partition coefficient (Wildman–Crippen LogP) is 3.90. The molecular formula is C31H40N6O3. The Balaban J connectivity index is 1.47. The number of aromatic nitrogens is 3. The first-order valence-electron chi connectivity index (χ1n) is 14.1. The van der Waals surface area contributed by atoms with Gasteiger partial charge in [0.1, 0.15) is 11.3 Å². The zero-order valence-electron chi connectivity index (χ0n) is 24.1. The van der Waals surface area contributed by atoms with Gasteiger partial charge in [0.05, 0.1) is 18.8 Å². The van der Waals surface area contributed by atoms with Gasteiger partial charge in [-0.2, -0.15) is 0 Å². The van der Waals surface area contributed by atoms with Gasteiger partial charge in [-0.15, -0.1) is 0 Å². The number of amides is 2. The van der Waals surface area contributed by atoms with Crippen LogP contribution in [0.25, 0.3) is 27.8 Å². The van der Waals surface area contributed by atoms with Crippen LogP contribution in [0.5, 0.6) is 0 Å². The van der Waals surface area contributed by atoms with E-state index in [0.29, 0.717) is 24.1 Å². The third kappa shape index (κ3) is 5.36. The fraction of sp³-hybridized carbons (Fsp3) is 0.452. The fourth-order valence-electron chi connectivity index (χ4n) is 5.97. The van der Waals surface area contributed by atoms with Gasteiger partial charge in [-0.05, 0) is 79.6 Å². The number of fused-ring (bicyclic) bond motifs is 2. The number of aryl methyl sites for hydroxylation is 1. The Kier molecular flexibility index (Phi) is 7.96. The topological polar surface area (TPSA) is 106 Å². The summed E-state index contributed by atoms with van der Waals surface area (Å²) in [6.07, 6.45) is 5.90. The van der Waals surface area contributed by atoms with Crippen LogP contribution in [-0.2, 0) is 4.79 Å². The Morgan fingerprint density at radius 2 is 1.95 bits per heavy atom. The van der Waals surface area contributed by atoms with Crippen molar-refractivity contribution in [3.8, 4) is 11.3 Å². The molecule has 9 nitrogen and oxygen atoms in total. The van der Waals surface area contributed by atoms with Crippen LogP contribution in [0, 0.1) is 6.92 Å². The monoisotopic (exact) mass is 544 g/mol. The number of likely N-dealkylation sites (N-methyl/N-ethyl adjacent to an activating group) is 2. The second-order valence-electron chi connectivity index (χ2n) is 11.3. The number of nitrogens with one attached hydrogen (secondary N) is 2. The van der Waals surface area contributed by atoms with E-state index in [1.54, 1.807) is 20.3 Å². The molecule has 2 amide bonds. The molecule has 4 aromatic rings. The number of nitrogens with zero attached hydrogens (tertiary/aromatic N) is 4. The van der Waals surface area contributed by atoms with Crippen LogP contribution in [0.3, 0.4) is 0 Å². The summed E-state index contributed by atoms with van der Waals surface area (Å²) in [5.74, 6) is 0.645. The molecule has 1 saturated heterocycles. The van der Waals surface area contributed by atoms with Gasteiger partial charge in [-0.25, -0.2) is 4.98 Å². The summed E-state index contributed by atoms with van der Waals surface area (Å²) in [5.41, 5.74) is 7.99. The van der Waals surface area contributed by atoms with Crippen molar-refractivity contribution >= 4 is 28.4 Å². The van der Waals surface area contributed by atoms with Crippen molar-refractivity contribution in [2.45, 2.75) is 45.4 Å². The van der Waals surface area contributed by atoms with Crippen molar-refractivity contribution in [3.63, 3.8) is 0 Å². The lowest BCUT2D eigenvalue weighted by Crippen LogP contribution is -2.40. The number of carbonyl (C=O) groups is 2. The van der Waals surface area contributed by atoms with Gasteiger partial charge in [0.25, 0.3) is 5.91 Å². The Morgan fingerprint density at radius 1 is 1.20 bits per heavy atom. The van der Waals surface area contributed by atoms with Gasteiger partial charge in [-0.1, -0.05) is 19.9 Å². The van der Waals surface area contributed by atoms with E-state index in [9.17, 15) is 14.7 Å². The van der Waals surface area contributed by atoms with E-state index in [1.165, 1.54) is 21.4 Å². The van der Waals surface area contributed by atoms with Crippen molar-refractivity contribution in [2.75, 3.05) is 46.9 Å². The van der Waals surface area contributed by atoms with Gasteiger partial charge < -0.3 is 24.7 Å². The molecule has 3 N–H and O–H groups in total. The van der Waals surface area contributed by atoms with E-state index in [1.807, 2.05) is 17.5 Å². The van der Waals surface area contributed by atoms with Crippen molar-refractivity contribution in [2.24, 2.45) is 0 Å². The molecule has 212 valence electrons. The summed E-state index contributed by atoms with van der Waals surface area (Å²) >= 11 is 0. The number of piperidine rings is 1. The van der Waals surface area contributed by atoms with E-state index in [0.717, 1.165) is 53.9 Å². The molecule has 0 bridgehead atoms. The standard InChI is InChI=1S/C31H40N6O3/c1-19(2)28-24-15-22(21-8-10-36(11-9-21)18-27(39)32-4)6-7-25(24)33-29(28)23-14-20(3)30-34-26(17-37(30)16-23)31(40)35(5)12-13-38/h6-7,14-17,19,21,33,38H,8-13,18H2,1-5H3,(H,32,39). The third-order valence-electron chi connectivity index (χ3n) is 8.17. The Hall–Kier alpha value is -3.69. The maximum Gasteiger partial charge on any atom is 0.273 e. The van der Waals surface area contributed by atoms with Crippen LogP contribution < -0.4 is 5.32 Å². The molecule has 0 radical (unpaired) electrons. The van der Waals surface area contributed by atoms with Crippen LogP contribution >= 0.6 is 0 Å². The average molecular weight is 545 g/mol. The number of pyridine rings is 1. The molecule has 3 aromatic heterocycles. The summed E-state index contributed by atoms with van der Waals surface area (Å²) in [6, 6.07) is 8.94. The Morgan fingerprint density at radius 3 is 2.62 bits per heavy atom. The van der Waals surface area contributed by atoms with Gasteiger partial charge in [0, 0.05) is 49.5 Å². The third-order valence-corrected chi connectivity index (χ3v) is 8.17. The molecule has 0 spiro atoms. The lowest BCUT2D eigenvalue weighted by molar-refractivity contribution is -0.122. The second kappa shape index (κ2) is 11.4. The molecule has 5 rings (SSSR count). The number of aromatic amines is 1. The summed E-state index contributed by atoms with van der Waals surface area (Å²) in [7, 11) is 3.36. The molecule has 1 aliphatic rings. The van der Waals surface area contributed by atoms with E-state index in [-0.39, 0.29) is 25.0 Å². The lowest BCUT2D eigenvalue weighted by atomic mass is 9.87. The molecule has 0 aliphatic carbocycles. The molecule has 1 fully saturated rings. The number of rotatable bonds is 8. The predicted molar refractivity (Wildman–Crippen MR) is 158 cm³/mol. The summed E-state index contributed by atoms with van der Waals surface area (Å²) in [4.78, 5) is 36.6. The number of carbonyl (C=O) groups excluding carboxylic acids is 2. The van der Waals surface area contributed by atoms with Crippen LogP contribution in [0.1, 0.15) is 65.7 Å². The molecule has 4 heterocycles. The molecule has 1 aromatic carbocycles. The molecule has 1 aliphatic heterocycles. The second-order valence-corrected chi connectivity index (χ2v) is 11.3. The molecule has 0 saturated carbocycles. The average Bonchev–Trinajstić information content (AvgIpc) is 3.55. The highest BCUT2D eigenvalue weighted by molar-refractivity contribution is 5.94. The van der Waals surface area contributed by atoms with Crippen LogP contribution in [0.15, 0.2) is 36.7 Å². The maximum atomic E-state index is 12.8. The zero-order chi connectivity index (χ0) is 28.6. The van der Waals surface area contributed by atoms with Crippen molar-refractivity contribution < 1.29 is 14.7 Å². The van der Waals surface area contributed by atoms with E-state index in [4.69, 9.17) is 0 Å². The summed E-state index contributed by atoms with van der Waals surface area (Å²) < 4.78 is 1.93. The van der Waals surface area contributed by atoms with Gasteiger partial charge in [-0.3, -0.25) is 14.5 Å². The Labute approximate surface area is 235 Å². The minimum atomic E-state index is -0.209. The maximum absolute atomic E-state index is 12.8. The Bertz CT molecular complexity index is 1540. The zero-order valence-corrected chi connectivity index (χ0v) is 24.1. The molecule has 9 heteroatoms. The number of aliphatic hydroxyl groups is 1. The quantitative estimate of drug-likeness (QED) is 0.312. The number of likely N-dealkylation sites (tertiary alicyclic amines) is 1. The smallest absolute Gasteiger partial charge is 0.273 e. The van der Waals surface area contributed by atoms with Gasteiger partial charge in [0.2, 0.25) is 5.91 Å². The fourth-order valence-corrected chi connectivity index (χ4v) is 5.97. The number of imidazole rings is 1. The highest BCUT2D eigenvalue weighted by atomic mass is 16.3. The first-order chi connectivity index (χ1) is 19.2. The SMILES string of the molecule is CNC(=O)CN1CCC(c2ccc3[nH]c(-c4cc(C)c5nc(C(=O)N(C)CCO)cn5c4)c(C(C)C)c3c2)CC1. The number of H-pyrrole nitrogens is 1. The van der Waals surface area contributed by atoms with E-state index in [2.05, 4.69) is 58.3 Å². The summed E-state index contributed by atoms with van der Waals surface area (Å²) in [5, 5.41) is 13.2. The minimum Gasteiger partial charge on any atom is -0.395 e. The van der Waals surface area contributed by atoms with E-state index < -0.39 is 0 Å². The first-order valence-corrected chi connectivity index (χ1v) is 14.1. The largest absolute Gasteiger partial charge is 0.395 e. The van der Waals surface area contributed by atoms with Crippen molar-refractivity contribution in [1.82, 2.24) is 29.5 Å². The van der Waals surface area contributed by atoms with Gasteiger partial charge in [0.15, 0.2) is 0 Å². The molecule has 0 unspecified atom stereocenters. The lowest BCUT2D eigenvalue weighted by Gasteiger charge is -2.31. The minimum absolute atomic E-state index is 0.0715. The highest BCUT2D eigenvalue weighted by Gasteiger charge is 2.24. The number of hydrogen-bond acceptors (Lipinski definition) is 5. The van der Waals surface area contributed by atoms with Gasteiger partial charge >= 0.3 is 0 Å². The van der Waals surface area contributed by atoms with Crippen LogP contribution in [0.4, 0.5) is 0 Å². The number of hydrogen-bond donors (Lipinski definition) is 3. The highest BCUT2D eigenvalue weighted by Crippen LogP contribution is 2.38. The van der Waals surface area contributed by atoms with Crippen molar-refractivity contribution in [3.05, 3.63) is 59.0 Å². The summed E-state index contributed by atoms with van der Waals surface area (Å²) in [6.45, 7) is 8.97. The molecular weight excluding hydrogens is 504 g/mol. The van der Waals surface area contributed by atoms with Crippen LogP contribution in [0.2, 0.25) is 0 Å². The molecule has 0 atom stereocenters. The first kappa shape index (κ1) is 27.9. The van der Waals surface area contributed by atoms with Crippen molar-refractivity contribution in [1.29, 1.82) is 0 Å². The normalized spacial score (nSPS) is 14.9. The van der Waals surface area contributed by atoms with E-state index >= 15 is 0 Å². The number of aliphatic hydroxyl groups excluding tert-OH is 1.